The Balaban J connectivity index is 1.55. The van der Waals surface area contributed by atoms with E-state index in [1.165, 1.54) is 68.1 Å². The Kier molecular flexibility index (Phi) is 4.24. The Labute approximate surface area is 121 Å². The van der Waals surface area contributed by atoms with Crippen LogP contribution in [0.25, 0.3) is 0 Å². The molecule has 0 amide bonds. The highest BCUT2D eigenvalue weighted by Gasteiger charge is 2.13. The highest BCUT2D eigenvalue weighted by Crippen LogP contribution is 2.23. The van der Waals surface area contributed by atoms with E-state index in [0.29, 0.717) is 18.5 Å². The first-order chi connectivity index (χ1) is 9.81. The molecule has 2 aliphatic carbocycles. The molecular weight excluding hydrogens is 246 g/mol. The Morgan fingerprint density at radius 2 is 1.90 bits per heavy atom. The number of benzene rings is 1. The molecule has 0 aliphatic heterocycles. The van der Waals surface area contributed by atoms with Gasteiger partial charge in [-0.3, -0.25) is 0 Å². The summed E-state index contributed by atoms with van der Waals surface area (Å²) in [4.78, 5) is 4.50. The molecule has 1 saturated carbocycles. The molecular formula is C17H25N3. The van der Waals surface area contributed by atoms with Crippen LogP contribution < -0.4 is 11.1 Å². The van der Waals surface area contributed by atoms with Crippen LogP contribution in [0.4, 0.5) is 0 Å². The van der Waals surface area contributed by atoms with Crippen LogP contribution in [-0.2, 0) is 19.4 Å². The molecule has 0 spiro atoms. The van der Waals surface area contributed by atoms with Gasteiger partial charge in [-0.25, -0.2) is 4.99 Å². The molecule has 1 aromatic rings. The van der Waals surface area contributed by atoms with Gasteiger partial charge in [-0.1, -0.05) is 37.5 Å². The van der Waals surface area contributed by atoms with Gasteiger partial charge in [0.25, 0.3) is 0 Å². The number of aryl methyl sites for hydroxylation is 2. The molecule has 2 aliphatic rings. The number of hydrogen-bond donors (Lipinski definition) is 2. The van der Waals surface area contributed by atoms with E-state index in [0.717, 1.165) is 0 Å². The Bertz CT molecular complexity index is 487. The molecule has 1 aromatic carbocycles. The van der Waals surface area contributed by atoms with Crippen LogP contribution in [0.1, 0.15) is 55.2 Å². The molecule has 0 heterocycles. The summed E-state index contributed by atoms with van der Waals surface area (Å²) in [5, 5.41) is 3.37. The maximum Gasteiger partial charge on any atom is 0.189 e. The molecule has 0 bridgehead atoms. The zero-order chi connectivity index (χ0) is 13.8. The maximum absolute atomic E-state index is 6.00. The van der Waals surface area contributed by atoms with Gasteiger partial charge in [-0.15, -0.1) is 0 Å². The third kappa shape index (κ3) is 3.33. The fourth-order valence-electron chi connectivity index (χ4n) is 3.40. The van der Waals surface area contributed by atoms with E-state index in [2.05, 4.69) is 28.5 Å². The Morgan fingerprint density at radius 3 is 2.75 bits per heavy atom. The summed E-state index contributed by atoms with van der Waals surface area (Å²) >= 11 is 0. The van der Waals surface area contributed by atoms with Crippen molar-refractivity contribution < 1.29 is 0 Å². The molecule has 0 radical (unpaired) electrons. The summed E-state index contributed by atoms with van der Waals surface area (Å²) in [6.07, 6.45) is 10.2. The van der Waals surface area contributed by atoms with Crippen molar-refractivity contribution in [2.24, 2.45) is 10.7 Å². The zero-order valence-corrected chi connectivity index (χ0v) is 12.2. The van der Waals surface area contributed by atoms with Gasteiger partial charge in [0.2, 0.25) is 0 Å². The van der Waals surface area contributed by atoms with Crippen LogP contribution in [0.3, 0.4) is 0 Å². The van der Waals surface area contributed by atoms with Crippen molar-refractivity contribution in [1.29, 1.82) is 0 Å². The van der Waals surface area contributed by atoms with Crippen molar-refractivity contribution >= 4 is 5.96 Å². The summed E-state index contributed by atoms with van der Waals surface area (Å²) in [6, 6.07) is 7.30. The molecule has 3 heteroatoms. The van der Waals surface area contributed by atoms with Crippen LogP contribution in [0.5, 0.6) is 0 Å². The lowest BCUT2D eigenvalue weighted by Gasteiger charge is -2.23. The van der Waals surface area contributed by atoms with E-state index in [-0.39, 0.29) is 0 Å². The summed E-state index contributed by atoms with van der Waals surface area (Å²) in [5.74, 6) is 0.609. The molecule has 3 N–H and O–H groups in total. The second-order valence-electron chi connectivity index (χ2n) is 6.14. The Hall–Kier alpha value is -1.51. The summed E-state index contributed by atoms with van der Waals surface area (Å²) < 4.78 is 0. The molecule has 108 valence electrons. The van der Waals surface area contributed by atoms with Crippen molar-refractivity contribution in [2.45, 2.75) is 64.0 Å². The van der Waals surface area contributed by atoms with Crippen molar-refractivity contribution in [3.8, 4) is 0 Å². The van der Waals surface area contributed by atoms with Gasteiger partial charge >= 0.3 is 0 Å². The largest absolute Gasteiger partial charge is 0.370 e. The number of hydrogen-bond acceptors (Lipinski definition) is 1. The SMILES string of the molecule is NC(=NCc1ccc2c(c1)CCC2)NC1CCCCC1. The predicted molar refractivity (Wildman–Crippen MR) is 83.8 cm³/mol. The van der Waals surface area contributed by atoms with Gasteiger partial charge in [-0.2, -0.15) is 0 Å². The lowest BCUT2D eigenvalue weighted by atomic mass is 9.96. The molecule has 1 fully saturated rings. The van der Waals surface area contributed by atoms with Crippen molar-refractivity contribution in [3.63, 3.8) is 0 Å². The van der Waals surface area contributed by atoms with E-state index in [1.807, 2.05) is 0 Å². The average Bonchev–Trinajstić information content (AvgIpc) is 2.93. The second kappa shape index (κ2) is 6.29. The van der Waals surface area contributed by atoms with Gasteiger partial charge < -0.3 is 11.1 Å². The number of nitrogens with one attached hydrogen (secondary N) is 1. The van der Waals surface area contributed by atoms with Gasteiger partial charge in [0.1, 0.15) is 0 Å². The molecule has 0 unspecified atom stereocenters. The van der Waals surface area contributed by atoms with E-state index in [9.17, 15) is 0 Å². The fourth-order valence-corrected chi connectivity index (χ4v) is 3.40. The van der Waals surface area contributed by atoms with Crippen LogP contribution in [0.2, 0.25) is 0 Å². The van der Waals surface area contributed by atoms with Crippen LogP contribution in [-0.4, -0.2) is 12.0 Å². The van der Waals surface area contributed by atoms with Crippen molar-refractivity contribution in [1.82, 2.24) is 5.32 Å². The second-order valence-corrected chi connectivity index (χ2v) is 6.14. The minimum atomic E-state index is 0.535. The van der Waals surface area contributed by atoms with Crippen molar-refractivity contribution in [2.75, 3.05) is 0 Å². The molecule has 0 saturated heterocycles. The van der Waals surface area contributed by atoms with Crippen LogP contribution in [0, 0.1) is 0 Å². The van der Waals surface area contributed by atoms with Gasteiger partial charge in [0.05, 0.1) is 6.54 Å². The smallest absolute Gasteiger partial charge is 0.189 e. The number of fused-ring (bicyclic) bond motifs is 1. The predicted octanol–water partition coefficient (Wildman–Crippen LogP) is 2.91. The van der Waals surface area contributed by atoms with E-state index in [1.54, 1.807) is 0 Å². The third-order valence-electron chi connectivity index (χ3n) is 4.55. The molecule has 3 nitrogen and oxygen atoms in total. The Morgan fingerprint density at radius 1 is 1.10 bits per heavy atom. The highest BCUT2D eigenvalue weighted by molar-refractivity contribution is 5.78. The average molecular weight is 271 g/mol. The monoisotopic (exact) mass is 271 g/mol. The van der Waals surface area contributed by atoms with Gasteiger partial charge in [-0.05, 0) is 48.8 Å². The zero-order valence-electron chi connectivity index (χ0n) is 12.2. The quantitative estimate of drug-likeness (QED) is 0.656. The third-order valence-corrected chi connectivity index (χ3v) is 4.55. The summed E-state index contributed by atoms with van der Waals surface area (Å²) in [5.41, 5.74) is 10.3. The number of rotatable bonds is 3. The van der Waals surface area contributed by atoms with Gasteiger partial charge in [0, 0.05) is 6.04 Å². The number of nitrogens with zero attached hydrogens (tertiary/aromatic N) is 1. The lowest BCUT2D eigenvalue weighted by molar-refractivity contribution is 0.412. The van der Waals surface area contributed by atoms with E-state index < -0.39 is 0 Å². The number of guanidine groups is 1. The normalized spacial score (nSPS) is 19.9. The lowest BCUT2D eigenvalue weighted by Crippen LogP contribution is -2.41. The summed E-state index contributed by atoms with van der Waals surface area (Å²) in [6.45, 7) is 0.693. The minimum absolute atomic E-state index is 0.535. The maximum atomic E-state index is 6.00. The van der Waals surface area contributed by atoms with Crippen molar-refractivity contribution in [3.05, 3.63) is 34.9 Å². The van der Waals surface area contributed by atoms with Crippen LogP contribution in [0.15, 0.2) is 23.2 Å². The standard InChI is InChI=1S/C17H25N3/c18-17(20-16-7-2-1-3-8-16)19-12-13-9-10-14-5-4-6-15(14)11-13/h9-11,16H,1-8,12H2,(H3,18,19,20). The van der Waals surface area contributed by atoms with Gasteiger partial charge in [0.15, 0.2) is 5.96 Å². The minimum Gasteiger partial charge on any atom is -0.370 e. The molecule has 0 aromatic heterocycles. The topological polar surface area (TPSA) is 50.4 Å². The first-order valence-electron chi connectivity index (χ1n) is 7.98. The highest BCUT2D eigenvalue weighted by atomic mass is 15.1. The molecule has 3 rings (SSSR count). The number of aliphatic imine (C=N–C) groups is 1. The molecule has 0 atom stereocenters. The molecule has 20 heavy (non-hydrogen) atoms. The van der Waals surface area contributed by atoms with E-state index >= 15 is 0 Å². The van der Waals surface area contributed by atoms with Crippen LogP contribution >= 0.6 is 0 Å². The van der Waals surface area contributed by atoms with E-state index in [4.69, 9.17) is 5.73 Å². The summed E-state index contributed by atoms with van der Waals surface area (Å²) in [7, 11) is 0. The first-order valence-corrected chi connectivity index (χ1v) is 7.98. The number of nitrogens with two attached hydrogens (primary N) is 1. The first kappa shape index (κ1) is 13.5. The fraction of sp³-hybridized carbons (Fsp3) is 0.588.